The molecule has 18 heavy (non-hydrogen) atoms. The van der Waals surface area contributed by atoms with Crippen molar-refractivity contribution >= 4 is 17.6 Å². The molecule has 0 aromatic carbocycles. The van der Waals surface area contributed by atoms with Crippen LogP contribution in [0.2, 0.25) is 5.02 Å². The van der Waals surface area contributed by atoms with Crippen molar-refractivity contribution in [2.24, 2.45) is 5.73 Å². The van der Waals surface area contributed by atoms with Gasteiger partial charge in [-0.2, -0.15) is 0 Å². The molecule has 0 unspecified atom stereocenters. The van der Waals surface area contributed by atoms with Gasteiger partial charge in [-0.3, -0.25) is 9.78 Å². The number of carbonyl (C=O) groups excluding carboxylic acids is 1. The lowest BCUT2D eigenvalue weighted by atomic mass is 10.1. The molecule has 1 heterocycles. The van der Waals surface area contributed by atoms with E-state index >= 15 is 0 Å². The van der Waals surface area contributed by atoms with Crippen LogP contribution in [0.3, 0.4) is 0 Å². The summed E-state index contributed by atoms with van der Waals surface area (Å²) in [5, 5.41) is -0.137. The molecule has 0 saturated heterocycles. The van der Waals surface area contributed by atoms with Crippen LogP contribution in [0.5, 0.6) is 0 Å². The van der Waals surface area contributed by atoms with E-state index in [1.54, 1.807) is 6.92 Å². The van der Waals surface area contributed by atoms with E-state index in [9.17, 15) is 13.6 Å². The van der Waals surface area contributed by atoms with E-state index < -0.39 is 12.4 Å². The van der Waals surface area contributed by atoms with E-state index in [1.165, 1.54) is 0 Å². The summed E-state index contributed by atoms with van der Waals surface area (Å²) in [5.74, 6) is -0.499. The number of nitrogens with two attached hydrogens (primary N) is 1. The van der Waals surface area contributed by atoms with E-state index in [4.69, 9.17) is 22.1 Å². The molecule has 0 aliphatic rings. The topological polar surface area (TPSA) is 65.2 Å². The molecule has 0 bridgehead atoms. The van der Waals surface area contributed by atoms with Gasteiger partial charge in [0.1, 0.15) is 0 Å². The molecular weight excluding hydrogens is 266 g/mol. The first-order chi connectivity index (χ1) is 8.51. The fraction of sp³-hybridized carbons (Fsp3) is 0.455. The van der Waals surface area contributed by atoms with Gasteiger partial charge in [-0.1, -0.05) is 11.6 Å². The summed E-state index contributed by atoms with van der Waals surface area (Å²) in [7, 11) is 0. The van der Waals surface area contributed by atoms with Crippen LogP contribution in [-0.4, -0.2) is 17.6 Å². The predicted molar refractivity (Wildman–Crippen MR) is 62.4 cm³/mol. The predicted octanol–water partition coefficient (Wildman–Crippen LogP) is 2.24. The minimum atomic E-state index is -2.73. The van der Waals surface area contributed by atoms with Crippen LogP contribution in [0.1, 0.15) is 30.2 Å². The van der Waals surface area contributed by atoms with Crippen LogP contribution in [0.25, 0.3) is 0 Å². The summed E-state index contributed by atoms with van der Waals surface area (Å²) >= 11 is 5.82. The summed E-state index contributed by atoms with van der Waals surface area (Å²) < 4.78 is 30.0. The molecule has 2 N–H and O–H groups in total. The molecule has 0 saturated carbocycles. The zero-order valence-electron chi connectivity index (χ0n) is 9.75. The number of ether oxygens (including phenoxy) is 1. The van der Waals surface area contributed by atoms with E-state index in [0.717, 1.165) is 6.20 Å². The van der Waals surface area contributed by atoms with E-state index in [-0.39, 0.29) is 41.4 Å². The number of rotatable bonds is 5. The van der Waals surface area contributed by atoms with Crippen LogP contribution in [-0.2, 0) is 22.5 Å². The molecule has 0 radical (unpaired) electrons. The molecule has 1 aromatic heterocycles. The number of hydrogen-bond acceptors (Lipinski definition) is 4. The normalized spacial score (nSPS) is 10.8. The van der Waals surface area contributed by atoms with Crippen molar-refractivity contribution in [3.63, 3.8) is 0 Å². The zero-order valence-corrected chi connectivity index (χ0v) is 10.5. The number of carbonyl (C=O) groups is 1. The van der Waals surface area contributed by atoms with Gasteiger partial charge in [0.2, 0.25) is 0 Å². The SMILES string of the molecule is CCOC(=O)Cc1ncc(C(F)F)c(Cl)c1CN. The lowest BCUT2D eigenvalue weighted by Gasteiger charge is -2.11. The molecular formula is C11H13ClF2N2O2. The smallest absolute Gasteiger partial charge is 0.311 e. The largest absolute Gasteiger partial charge is 0.466 e. The summed E-state index contributed by atoms with van der Waals surface area (Å²) in [6, 6.07) is 0. The van der Waals surface area contributed by atoms with Crippen molar-refractivity contribution in [2.75, 3.05) is 6.61 Å². The van der Waals surface area contributed by atoms with Crippen LogP contribution >= 0.6 is 11.6 Å². The molecule has 0 atom stereocenters. The Morgan fingerprint density at radius 2 is 2.28 bits per heavy atom. The summed E-state index contributed by atoms with van der Waals surface area (Å²) in [5.41, 5.74) is 5.59. The van der Waals surface area contributed by atoms with Gasteiger partial charge in [0.15, 0.2) is 0 Å². The Balaban J connectivity index is 3.07. The van der Waals surface area contributed by atoms with Crippen molar-refractivity contribution in [1.82, 2.24) is 4.98 Å². The van der Waals surface area contributed by atoms with Gasteiger partial charge in [0, 0.05) is 18.3 Å². The van der Waals surface area contributed by atoms with Gasteiger partial charge in [0.25, 0.3) is 6.43 Å². The highest BCUT2D eigenvalue weighted by Gasteiger charge is 2.19. The highest BCUT2D eigenvalue weighted by Crippen LogP contribution is 2.30. The lowest BCUT2D eigenvalue weighted by molar-refractivity contribution is -0.142. The molecule has 1 aromatic rings. The molecule has 4 nitrogen and oxygen atoms in total. The third kappa shape index (κ3) is 3.36. The number of nitrogens with zero attached hydrogens (tertiary/aromatic N) is 1. The molecule has 0 aliphatic heterocycles. The number of pyridine rings is 1. The Labute approximate surface area is 108 Å². The van der Waals surface area contributed by atoms with Crippen LogP contribution in [0.4, 0.5) is 8.78 Å². The number of hydrogen-bond donors (Lipinski definition) is 1. The fourth-order valence-corrected chi connectivity index (χ4v) is 1.76. The van der Waals surface area contributed by atoms with Crippen LogP contribution < -0.4 is 5.73 Å². The van der Waals surface area contributed by atoms with E-state index in [0.29, 0.717) is 0 Å². The number of halogens is 3. The quantitative estimate of drug-likeness (QED) is 0.839. The monoisotopic (exact) mass is 278 g/mol. The van der Waals surface area contributed by atoms with Gasteiger partial charge in [0.05, 0.1) is 29.3 Å². The third-order valence-corrected chi connectivity index (χ3v) is 2.73. The van der Waals surface area contributed by atoms with Gasteiger partial charge < -0.3 is 10.5 Å². The second kappa shape index (κ2) is 6.61. The van der Waals surface area contributed by atoms with E-state index in [1.807, 2.05) is 0 Å². The van der Waals surface area contributed by atoms with Crippen molar-refractivity contribution in [3.8, 4) is 0 Å². The second-order valence-electron chi connectivity index (χ2n) is 3.44. The third-order valence-electron chi connectivity index (χ3n) is 2.28. The minimum absolute atomic E-state index is 0.0683. The average Bonchev–Trinajstić information content (AvgIpc) is 2.29. The maximum Gasteiger partial charge on any atom is 0.311 e. The molecule has 100 valence electrons. The molecule has 0 aliphatic carbocycles. The zero-order chi connectivity index (χ0) is 13.7. The fourth-order valence-electron chi connectivity index (χ4n) is 1.44. The van der Waals surface area contributed by atoms with Crippen molar-refractivity contribution in [1.29, 1.82) is 0 Å². The van der Waals surface area contributed by atoms with Crippen molar-refractivity contribution in [2.45, 2.75) is 26.3 Å². The summed E-state index contributed by atoms with van der Waals surface area (Å²) in [6.07, 6.45) is -1.91. The number of aromatic nitrogens is 1. The van der Waals surface area contributed by atoms with Crippen LogP contribution in [0.15, 0.2) is 6.20 Å². The molecule has 1 rings (SSSR count). The standard InChI is InChI=1S/C11H13ClF2N2O2/c1-2-18-9(17)3-8-6(4-15)10(12)7(5-16-8)11(13)14/h5,11H,2-4,15H2,1H3. The maximum absolute atomic E-state index is 12.6. The van der Waals surface area contributed by atoms with Crippen molar-refractivity contribution in [3.05, 3.63) is 28.0 Å². The Hall–Kier alpha value is -1.27. The minimum Gasteiger partial charge on any atom is -0.466 e. The van der Waals surface area contributed by atoms with Crippen molar-refractivity contribution < 1.29 is 18.3 Å². The molecule has 7 heteroatoms. The van der Waals surface area contributed by atoms with Gasteiger partial charge in [-0.05, 0) is 6.92 Å². The molecule has 0 fully saturated rings. The first-order valence-corrected chi connectivity index (χ1v) is 5.69. The Bertz CT molecular complexity index is 441. The van der Waals surface area contributed by atoms with Gasteiger partial charge in [-0.25, -0.2) is 8.78 Å². The summed E-state index contributed by atoms with van der Waals surface area (Å²) in [4.78, 5) is 15.1. The number of alkyl halides is 2. The van der Waals surface area contributed by atoms with Gasteiger partial charge in [-0.15, -0.1) is 0 Å². The highest BCUT2D eigenvalue weighted by molar-refractivity contribution is 6.32. The number of esters is 1. The Kier molecular flexibility index (Phi) is 5.43. The lowest BCUT2D eigenvalue weighted by Crippen LogP contribution is -2.14. The van der Waals surface area contributed by atoms with Gasteiger partial charge >= 0.3 is 5.97 Å². The Morgan fingerprint density at radius 3 is 2.78 bits per heavy atom. The average molecular weight is 279 g/mol. The van der Waals surface area contributed by atoms with Crippen LogP contribution in [0, 0.1) is 0 Å². The van der Waals surface area contributed by atoms with E-state index in [2.05, 4.69) is 4.98 Å². The maximum atomic E-state index is 12.6. The first-order valence-electron chi connectivity index (χ1n) is 5.31. The second-order valence-corrected chi connectivity index (χ2v) is 3.82. The Morgan fingerprint density at radius 1 is 1.61 bits per heavy atom. The molecule has 0 amide bonds. The summed E-state index contributed by atoms with van der Waals surface area (Å²) in [6.45, 7) is 1.84. The first kappa shape index (κ1) is 14.8. The molecule has 0 spiro atoms. The highest BCUT2D eigenvalue weighted by atomic mass is 35.5.